The van der Waals surface area contributed by atoms with E-state index < -0.39 is 12.2 Å². The molecule has 0 fully saturated rings. The molecule has 40 heavy (non-hydrogen) atoms. The van der Waals surface area contributed by atoms with Gasteiger partial charge in [-0.25, -0.2) is 0 Å². The van der Waals surface area contributed by atoms with E-state index >= 15 is 0 Å². The Labute approximate surface area is 238 Å². The number of para-hydroxylation sites is 1. The van der Waals surface area contributed by atoms with Gasteiger partial charge >= 0.3 is 0 Å². The fourth-order valence-corrected chi connectivity index (χ4v) is 4.08. The van der Waals surface area contributed by atoms with E-state index in [0.717, 1.165) is 55.0 Å². The minimum absolute atomic E-state index is 0.229. The monoisotopic (exact) mass is 551 g/mol. The summed E-state index contributed by atoms with van der Waals surface area (Å²) in [5.74, 6) is 1.54. The highest BCUT2D eigenvalue weighted by atomic mass is 16.5. The Kier molecular flexibility index (Phi) is 13.7. The van der Waals surface area contributed by atoms with E-state index in [1.807, 2.05) is 67.2 Å². The summed E-state index contributed by atoms with van der Waals surface area (Å²) in [6.45, 7) is 10.8. The van der Waals surface area contributed by atoms with Gasteiger partial charge in [0.2, 0.25) is 0 Å². The smallest absolute Gasteiger partial charge is 0.122 e. The van der Waals surface area contributed by atoms with Gasteiger partial charge in [0.05, 0.1) is 5.69 Å². The van der Waals surface area contributed by atoms with Crippen molar-refractivity contribution in [1.82, 2.24) is 25.6 Å². The molecule has 0 aliphatic carbocycles. The van der Waals surface area contributed by atoms with Crippen LogP contribution in [-0.4, -0.2) is 76.3 Å². The number of rotatable bonds is 20. The third-order valence-electron chi connectivity index (χ3n) is 6.27. The van der Waals surface area contributed by atoms with E-state index in [1.165, 1.54) is 5.56 Å². The molecule has 3 aromatic rings. The molecule has 9 heteroatoms. The van der Waals surface area contributed by atoms with E-state index in [9.17, 15) is 10.2 Å². The Balaban J connectivity index is 1.27. The van der Waals surface area contributed by atoms with Gasteiger partial charge in [0.25, 0.3) is 0 Å². The van der Waals surface area contributed by atoms with Gasteiger partial charge < -0.3 is 30.3 Å². The van der Waals surface area contributed by atoms with E-state index in [0.29, 0.717) is 25.7 Å². The van der Waals surface area contributed by atoms with Crippen molar-refractivity contribution in [1.29, 1.82) is 0 Å². The summed E-state index contributed by atoms with van der Waals surface area (Å²) in [4.78, 5) is 0. The van der Waals surface area contributed by atoms with Crippen LogP contribution in [0.2, 0.25) is 0 Å². The molecule has 0 bridgehead atoms. The average Bonchev–Trinajstić information content (AvgIpc) is 3.41. The normalized spacial score (nSPS) is 12.8. The first-order valence-corrected chi connectivity index (χ1v) is 14.2. The van der Waals surface area contributed by atoms with Gasteiger partial charge in [0.15, 0.2) is 0 Å². The van der Waals surface area contributed by atoms with Crippen molar-refractivity contribution >= 4 is 0 Å². The molecule has 0 unspecified atom stereocenters. The molecule has 1 heterocycles. The van der Waals surface area contributed by atoms with Gasteiger partial charge in [-0.2, -0.15) is 0 Å². The van der Waals surface area contributed by atoms with Crippen LogP contribution in [0.4, 0.5) is 0 Å². The lowest BCUT2D eigenvalue weighted by atomic mass is 10.1. The lowest BCUT2D eigenvalue weighted by Gasteiger charge is -2.15. The first-order valence-electron chi connectivity index (χ1n) is 14.2. The Morgan fingerprint density at radius 1 is 0.975 bits per heavy atom. The molecule has 0 aliphatic rings. The van der Waals surface area contributed by atoms with Crippen LogP contribution in [-0.2, 0) is 25.8 Å². The van der Waals surface area contributed by atoms with Gasteiger partial charge in [-0.3, -0.25) is 4.68 Å². The fraction of sp³-hybridized carbons (Fsp3) is 0.484. The molecule has 0 aliphatic heterocycles. The molecule has 3 rings (SSSR count). The lowest BCUT2D eigenvalue weighted by Crippen LogP contribution is -2.35. The highest BCUT2D eigenvalue weighted by Crippen LogP contribution is 2.19. The van der Waals surface area contributed by atoms with Crippen LogP contribution in [0, 0.1) is 0 Å². The molecule has 0 amide bonds. The van der Waals surface area contributed by atoms with Crippen LogP contribution in [0.15, 0.2) is 67.4 Å². The molecule has 0 spiro atoms. The second kappa shape index (κ2) is 17.5. The average molecular weight is 552 g/mol. The number of allylic oxidation sites excluding steroid dienone is 1. The zero-order valence-corrected chi connectivity index (χ0v) is 23.8. The van der Waals surface area contributed by atoms with Gasteiger partial charge in [-0.15, -0.1) is 11.7 Å². The predicted molar refractivity (Wildman–Crippen MR) is 158 cm³/mol. The summed E-state index contributed by atoms with van der Waals surface area (Å²) < 4.78 is 13.4. The number of aliphatic hydroxyl groups excluding tert-OH is 2. The second-order valence-corrected chi connectivity index (χ2v) is 10.3. The van der Waals surface area contributed by atoms with Crippen molar-refractivity contribution in [3.63, 3.8) is 0 Å². The molecule has 4 N–H and O–H groups in total. The molecule has 0 radical (unpaired) electrons. The summed E-state index contributed by atoms with van der Waals surface area (Å²) in [5, 5.41) is 35.2. The molecule has 0 saturated heterocycles. The first-order chi connectivity index (χ1) is 19.4. The summed E-state index contributed by atoms with van der Waals surface area (Å²) in [5.41, 5.74) is 3.21. The highest BCUT2D eigenvalue weighted by molar-refractivity contribution is 5.34. The topological polar surface area (TPSA) is 114 Å². The molecular weight excluding hydrogens is 506 g/mol. The maximum Gasteiger partial charge on any atom is 0.122 e. The quantitative estimate of drug-likeness (QED) is 0.125. The number of nitrogens with zero attached hydrogens (tertiary/aromatic N) is 3. The van der Waals surface area contributed by atoms with E-state index in [4.69, 9.17) is 9.47 Å². The number of aromatic nitrogens is 3. The zero-order valence-electron chi connectivity index (χ0n) is 23.8. The lowest BCUT2D eigenvalue weighted by molar-refractivity contribution is 0.104. The first kappa shape index (κ1) is 31.3. The van der Waals surface area contributed by atoms with E-state index in [2.05, 4.69) is 39.7 Å². The molecular formula is C31H45N5O4. The molecule has 9 nitrogen and oxygen atoms in total. The summed E-state index contributed by atoms with van der Waals surface area (Å²) in [7, 11) is 0. The Morgan fingerprint density at radius 3 is 2.50 bits per heavy atom. The second-order valence-electron chi connectivity index (χ2n) is 10.3. The van der Waals surface area contributed by atoms with Crippen molar-refractivity contribution in [3.8, 4) is 11.5 Å². The number of aliphatic hydroxyl groups is 2. The van der Waals surface area contributed by atoms with Gasteiger partial charge in [-0.1, -0.05) is 55.5 Å². The fourth-order valence-electron chi connectivity index (χ4n) is 4.08. The maximum absolute atomic E-state index is 10.3. The van der Waals surface area contributed by atoms with Gasteiger partial charge in [0, 0.05) is 44.8 Å². The van der Waals surface area contributed by atoms with Crippen LogP contribution in [0.3, 0.4) is 0 Å². The number of nitrogens with one attached hydrogen (secondary N) is 2. The third-order valence-corrected chi connectivity index (χ3v) is 6.27. The van der Waals surface area contributed by atoms with Crippen molar-refractivity contribution in [2.75, 3.05) is 32.8 Å². The predicted octanol–water partition coefficient (Wildman–Crippen LogP) is 2.95. The molecule has 2 atom stereocenters. The van der Waals surface area contributed by atoms with Crippen LogP contribution in [0.25, 0.3) is 0 Å². The maximum atomic E-state index is 10.3. The zero-order chi connectivity index (χ0) is 28.6. The van der Waals surface area contributed by atoms with Gasteiger partial charge in [0.1, 0.15) is 36.9 Å². The van der Waals surface area contributed by atoms with Crippen molar-refractivity contribution in [3.05, 3.63) is 84.2 Å². The molecule has 2 aromatic carbocycles. The third kappa shape index (κ3) is 11.9. The van der Waals surface area contributed by atoms with Crippen molar-refractivity contribution in [2.45, 2.75) is 64.3 Å². The van der Waals surface area contributed by atoms with Crippen LogP contribution < -0.4 is 20.1 Å². The van der Waals surface area contributed by atoms with E-state index in [-0.39, 0.29) is 13.2 Å². The van der Waals surface area contributed by atoms with Crippen molar-refractivity contribution < 1.29 is 19.7 Å². The van der Waals surface area contributed by atoms with Crippen molar-refractivity contribution in [2.24, 2.45) is 0 Å². The number of ether oxygens (including phenoxy) is 2. The number of hydrogen-bond acceptors (Lipinski definition) is 8. The van der Waals surface area contributed by atoms with Crippen LogP contribution >= 0.6 is 0 Å². The number of aryl methyl sites for hydroxylation is 2. The summed E-state index contributed by atoms with van der Waals surface area (Å²) in [6, 6.07) is 16.2. The Morgan fingerprint density at radius 2 is 1.73 bits per heavy atom. The minimum atomic E-state index is -0.605. The summed E-state index contributed by atoms with van der Waals surface area (Å²) in [6.07, 6.45) is 6.03. The largest absolute Gasteiger partial charge is 0.491 e. The summed E-state index contributed by atoms with van der Waals surface area (Å²) >= 11 is 0. The molecule has 0 saturated carbocycles. The van der Waals surface area contributed by atoms with Crippen LogP contribution in [0.5, 0.6) is 11.5 Å². The Hall–Kier alpha value is -3.24. The number of hydrogen-bond donors (Lipinski definition) is 4. The standard InChI is InChI=1S/C31H45N5O4/c1-4-8-26-10-5-6-11-31(26)40-23-28(37)19-32-17-16-27-21-36(35-34-27)18-7-9-25-12-14-30(15-13-25)39-22-29(38)20-33-24(2)3/h4-6,10-15,21,24,28-29,32-33,37-38H,1,7-9,16-20,22-23H2,2-3H3/t28-,29-/m0/s1. The van der Waals surface area contributed by atoms with Gasteiger partial charge in [-0.05, 0) is 48.6 Å². The molecule has 1 aromatic heterocycles. The molecule has 218 valence electrons. The highest BCUT2D eigenvalue weighted by Gasteiger charge is 2.09. The minimum Gasteiger partial charge on any atom is -0.491 e. The Bertz CT molecular complexity index is 1120. The van der Waals surface area contributed by atoms with E-state index in [1.54, 1.807) is 0 Å². The number of benzene rings is 2. The van der Waals surface area contributed by atoms with Crippen LogP contribution in [0.1, 0.15) is 37.1 Å². The SMILES string of the molecule is C=CCc1ccccc1OC[C@@H](O)CNCCc1cn(CCCc2ccc(OC[C@@H](O)CNC(C)C)cc2)nn1.